The van der Waals surface area contributed by atoms with Gasteiger partial charge in [0.25, 0.3) is 0 Å². The number of rotatable bonds is 1. The lowest BCUT2D eigenvalue weighted by atomic mass is 10.0. The molecule has 1 heterocycles. The molecule has 0 bridgehead atoms. The molecule has 1 atom stereocenters. The Kier molecular flexibility index (Phi) is 3.29. The van der Waals surface area contributed by atoms with Crippen LogP contribution in [0, 0.1) is 5.92 Å². The summed E-state index contributed by atoms with van der Waals surface area (Å²) < 4.78 is 5.19. The van der Waals surface area contributed by atoms with Crippen molar-refractivity contribution in [2.24, 2.45) is 5.92 Å². The molecule has 1 aromatic carbocycles. The second-order valence-electron chi connectivity index (χ2n) is 4.45. The van der Waals surface area contributed by atoms with E-state index in [2.05, 4.69) is 0 Å². The molecule has 1 aliphatic heterocycles. The normalized spacial score (nSPS) is 19.9. The Balaban J connectivity index is 2.52. The lowest BCUT2D eigenvalue weighted by Gasteiger charge is -2.20. The number of anilines is 1. The molecule has 0 radical (unpaired) electrons. The molecule has 1 unspecified atom stereocenters. The van der Waals surface area contributed by atoms with Gasteiger partial charge in [-0.2, -0.15) is 0 Å². The summed E-state index contributed by atoms with van der Waals surface area (Å²) in [6.07, 6.45) is 1.73. The van der Waals surface area contributed by atoms with Crippen LogP contribution in [0.5, 0.6) is 5.75 Å². The smallest absolute Gasteiger partial charge is 0.229 e. The third-order valence-electron chi connectivity index (χ3n) is 3.31. The van der Waals surface area contributed by atoms with Crippen molar-refractivity contribution in [3.8, 4) is 5.75 Å². The minimum absolute atomic E-state index is 0.0529. The second kappa shape index (κ2) is 4.57. The van der Waals surface area contributed by atoms with Crippen LogP contribution in [0.4, 0.5) is 5.69 Å². The van der Waals surface area contributed by atoms with Gasteiger partial charge >= 0.3 is 0 Å². The van der Waals surface area contributed by atoms with E-state index in [0.29, 0.717) is 10.8 Å². The molecule has 4 heteroatoms. The number of benzene rings is 1. The van der Waals surface area contributed by atoms with Gasteiger partial charge in [-0.25, -0.2) is 0 Å². The van der Waals surface area contributed by atoms with Crippen LogP contribution in [0.25, 0.3) is 0 Å². The van der Waals surface area contributed by atoms with Crippen LogP contribution >= 0.6 is 11.6 Å². The van der Waals surface area contributed by atoms with Crippen LogP contribution in [0.3, 0.4) is 0 Å². The van der Waals surface area contributed by atoms with Crippen molar-refractivity contribution in [3.05, 3.63) is 22.7 Å². The summed E-state index contributed by atoms with van der Waals surface area (Å²) in [5.74, 6) is 0.810. The fourth-order valence-electron chi connectivity index (χ4n) is 2.20. The number of carbonyl (C=O) groups is 1. The largest absolute Gasteiger partial charge is 0.495 e. The topological polar surface area (TPSA) is 29.5 Å². The van der Waals surface area contributed by atoms with E-state index in [1.54, 1.807) is 19.1 Å². The molecule has 0 spiro atoms. The zero-order valence-electron chi connectivity index (χ0n) is 10.3. The standard InChI is InChI=1S/C13H16ClNO2/c1-8-4-5-9-6-10(14)12(17-3)7-11(9)15(2)13(8)16/h6-8H,4-5H2,1-3H3. The Hall–Kier alpha value is -1.22. The average molecular weight is 254 g/mol. The van der Waals surface area contributed by atoms with E-state index >= 15 is 0 Å². The van der Waals surface area contributed by atoms with Crippen molar-refractivity contribution >= 4 is 23.2 Å². The van der Waals surface area contributed by atoms with Crippen LogP contribution in [-0.4, -0.2) is 20.1 Å². The van der Waals surface area contributed by atoms with Crippen LogP contribution in [0.2, 0.25) is 5.02 Å². The number of aryl methyl sites for hydroxylation is 1. The minimum atomic E-state index is 0.0529. The maximum absolute atomic E-state index is 12.0. The van der Waals surface area contributed by atoms with Gasteiger partial charge in [0.15, 0.2) is 0 Å². The van der Waals surface area contributed by atoms with E-state index in [1.165, 1.54) is 0 Å². The fraction of sp³-hybridized carbons (Fsp3) is 0.462. The van der Waals surface area contributed by atoms with Crippen LogP contribution in [0.1, 0.15) is 18.9 Å². The molecule has 0 fully saturated rings. The number of amides is 1. The first-order valence-electron chi connectivity index (χ1n) is 5.68. The molecule has 1 aliphatic rings. The predicted octanol–water partition coefficient (Wildman–Crippen LogP) is 2.89. The first kappa shape index (κ1) is 12.2. The highest BCUT2D eigenvalue weighted by Crippen LogP contribution is 2.36. The Morgan fingerprint density at radius 3 is 2.82 bits per heavy atom. The first-order chi connectivity index (χ1) is 8.04. The van der Waals surface area contributed by atoms with Crippen LogP contribution in [0.15, 0.2) is 12.1 Å². The van der Waals surface area contributed by atoms with Crippen molar-refractivity contribution < 1.29 is 9.53 Å². The highest BCUT2D eigenvalue weighted by atomic mass is 35.5. The highest BCUT2D eigenvalue weighted by molar-refractivity contribution is 6.32. The molecule has 17 heavy (non-hydrogen) atoms. The van der Waals surface area contributed by atoms with Crippen molar-refractivity contribution in [2.45, 2.75) is 19.8 Å². The quantitative estimate of drug-likeness (QED) is 0.770. The highest BCUT2D eigenvalue weighted by Gasteiger charge is 2.25. The second-order valence-corrected chi connectivity index (χ2v) is 4.86. The van der Waals surface area contributed by atoms with E-state index in [-0.39, 0.29) is 11.8 Å². The number of hydrogen-bond donors (Lipinski definition) is 0. The maximum atomic E-state index is 12.0. The van der Waals surface area contributed by atoms with Gasteiger partial charge in [0.2, 0.25) is 5.91 Å². The summed E-state index contributed by atoms with van der Waals surface area (Å²) in [5.41, 5.74) is 2.01. The molecule has 0 N–H and O–H groups in total. The van der Waals surface area contributed by atoms with Crippen molar-refractivity contribution in [1.82, 2.24) is 0 Å². The van der Waals surface area contributed by atoms with Gasteiger partial charge < -0.3 is 9.64 Å². The monoisotopic (exact) mass is 253 g/mol. The molecule has 0 aliphatic carbocycles. The molecule has 0 saturated heterocycles. The number of hydrogen-bond acceptors (Lipinski definition) is 2. The van der Waals surface area contributed by atoms with Gasteiger partial charge in [0.1, 0.15) is 5.75 Å². The third-order valence-corrected chi connectivity index (χ3v) is 3.61. The van der Waals surface area contributed by atoms with Gasteiger partial charge in [-0.05, 0) is 24.5 Å². The predicted molar refractivity (Wildman–Crippen MR) is 68.9 cm³/mol. The Labute approximate surface area is 106 Å². The van der Waals surface area contributed by atoms with Crippen LogP contribution in [-0.2, 0) is 11.2 Å². The Morgan fingerprint density at radius 2 is 2.18 bits per heavy atom. The summed E-state index contributed by atoms with van der Waals surface area (Å²) >= 11 is 6.11. The first-order valence-corrected chi connectivity index (χ1v) is 6.06. The molecule has 3 nitrogen and oxygen atoms in total. The van der Waals surface area contributed by atoms with Gasteiger partial charge in [0.05, 0.1) is 17.8 Å². The summed E-state index contributed by atoms with van der Waals surface area (Å²) in [6.45, 7) is 1.96. The van der Waals surface area contributed by atoms with Crippen molar-refractivity contribution in [3.63, 3.8) is 0 Å². The Bertz CT molecular complexity index is 459. The van der Waals surface area contributed by atoms with E-state index < -0.39 is 0 Å². The molecular weight excluding hydrogens is 238 g/mol. The fourth-order valence-corrected chi connectivity index (χ4v) is 2.46. The number of halogens is 1. The molecule has 0 aromatic heterocycles. The van der Waals surface area contributed by atoms with Gasteiger partial charge in [-0.15, -0.1) is 0 Å². The number of nitrogens with zero attached hydrogens (tertiary/aromatic N) is 1. The number of fused-ring (bicyclic) bond motifs is 1. The van der Waals surface area contributed by atoms with Crippen molar-refractivity contribution in [2.75, 3.05) is 19.1 Å². The summed E-state index contributed by atoms with van der Waals surface area (Å²) in [5, 5.41) is 0.599. The van der Waals surface area contributed by atoms with E-state index in [9.17, 15) is 4.79 Å². The third kappa shape index (κ3) is 2.12. The SMILES string of the molecule is COc1cc2c(cc1Cl)CCC(C)C(=O)N2C. The zero-order chi connectivity index (χ0) is 12.6. The maximum Gasteiger partial charge on any atom is 0.229 e. The molecule has 0 saturated carbocycles. The summed E-state index contributed by atoms with van der Waals surface area (Å²) in [6, 6.07) is 3.74. The van der Waals surface area contributed by atoms with Gasteiger partial charge in [0, 0.05) is 19.0 Å². The zero-order valence-corrected chi connectivity index (χ0v) is 11.0. The summed E-state index contributed by atoms with van der Waals surface area (Å²) in [7, 11) is 3.38. The summed E-state index contributed by atoms with van der Waals surface area (Å²) in [4.78, 5) is 13.7. The lowest BCUT2D eigenvalue weighted by molar-refractivity contribution is -0.121. The number of methoxy groups -OCH3 is 1. The number of ether oxygens (including phenoxy) is 1. The molecule has 1 amide bonds. The minimum Gasteiger partial charge on any atom is -0.495 e. The van der Waals surface area contributed by atoms with Crippen LogP contribution < -0.4 is 9.64 Å². The Morgan fingerprint density at radius 1 is 1.47 bits per heavy atom. The molecule has 2 rings (SSSR count). The lowest BCUT2D eigenvalue weighted by Crippen LogP contribution is -2.30. The van der Waals surface area contributed by atoms with E-state index in [0.717, 1.165) is 24.1 Å². The van der Waals surface area contributed by atoms with Gasteiger partial charge in [-0.1, -0.05) is 18.5 Å². The average Bonchev–Trinajstić information content (AvgIpc) is 2.42. The van der Waals surface area contributed by atoms with Gasteiger partial charge in [-0.3, -0.25) is 4.79 Å². The molecule has 1 aromatic rings. The number of carbonyl (C=O) groups excluding carboxylic acids is 1. The van der Waals surface area contributed by atoms with E-state index in [1.807, 2.05) is 19.1 Å². The van der Waals surface area contributed by atoms with Crippen molar-refractivity contribution in [1.29, 1.82) is 0 Å². The molecular formula is C13H16ClNO2. The van der Waals surface area contributed by atoms with E-state index in [4.69, 9.17) is 16.3 Å². The molecule has 92 valence electrons.